The van der Waals surface area contributed by atoms with Gasteiger partial charge in [0, 0.05) is 22.8 Å². The van der Waals surface area contributed by atoms with Crippen LogP contribution in [0.15, 0.2) is 47.8 Å². The highest BCUT2D eigenvalue weighted by atomic mass is 19.5. The molecule has 1 heterocycles. The van der Waals surface area contributed by atoms with Gasteiger partial charge in [0.2, 0.25) is 6.04 Å². The molecule has 0 atom stereocenters. The maximum Gasteiger partial charge on any atom is 0.673 e. The highest BCUT2D eigenvalue weighted by molar-refractivity contribution is 6.50. The molecule has 0 amide bonds. The highest BCUT2D eigenvalue weighted by Gasteiger charge is 2.26. The van der Waals surface area contributed by atoms with Crippen LogP contribution in [0.25, 0.3) is 0 Å². The molecule has 1 aliphatic carbocycles. The maximum absolute atomic E-state index is 11.4. The van der Waals surface area contributed by atoms with E-state index in [9.17, 15) is 22.1 Å². The minimum atomic E-state index is -6.00. The fourth-order valence-electron chi connectivity index (χ4n) is 2.25. The molecule has 0 radical (unpaired) electrons. The largest absolute Gasteiger partial charge is 0.673 e. The molecule has 114 valence electrons. The fraction of sp³-hybridized carbons (Fsp3) is 0.286. The average molecular weight is 301 g/mol. The van der Waals surface area contributed by atoms with Crippen LogP contribution in [-0.2, 0) is 4.79 Å². The molecule has 0 N–H and O–H groups in total. The van der Waals surface area contributed by atoms with Gasteiger partial charge in [-0.05, 0) is 39.0 Å². The summed E-state index contributed by atoms with van der Waals surface area (Å²) in [6.07, 6.45) is 7.58. The van der Waals surface area contributed by atoms with Crippen LogP contribution in [0.1, 0.15) is 25.5 Å². The number of aryl methyl sites for hydroxylation is 1. The van der Waals surface area contributed by atoms with E-state index in [1.54, 1.807) is 12.2 Å². The van der Waals surface area contributed by atoms with Gasteiger partial charge in [0.05, 0.1) is 0 Å². The number of hydrogen-bond acceptors (Lipinski definition) is 1. The van der Waals surface area contributed by atoms with Gasteiger partial charge in [-0.3, -0.25) is 4.79 Å². The molecule has 1 aromatic heterocycles. The van der Waals surface area contributed by atoms with E-state index in [1.807, 2.05) is 26.1 Å². The molecule has 1 aromatic rings. The monoisotopic (exact) mass is 301 g/mol. The van der Waals surface area contributed by atoms with E-state index in [-0.39, 0.29) is 11.8 Å². The van der Waals surface area contributed by atoms with Gasteiger partial charge in [0.1, 0.15) is 0 Å². The van der Waals surface area contributed by atoms with Crippen molar-refractivity contribution in [3.63, 3.8) is 0 Å². The first-order chi connectivity index (χ1) is 9.58. The fourth-order valence-corrected chi connectivity index (χ4v) is 2.25. The van der Waals surface area contributed by atoms with Crippen LogP contribution in [0.2, 0.25) is 0 Å². The van der Waals surface area contributed by atoms with Crippen molar-refractivity contribution in [3.05, 3.63) is 53.4 Å². The predicted molar refractivity (Wildman–Crippen MR) is 73.1 cm³/mol. The van der Waals surface area contributed by atoms with Crippen LogP contribution in [0.3, 0.4) is 0 Å². The van der Waals surface area contributed by atoms with E-state index in [0.717, 1.165) is 11.1 Å². The molecule has 0 saturated heterocycles. The summed E-state index contributed by atoms with van der Waals surface area (Å²) < 4.78 is 41.2. The molecule has 7 heteroatoms. The molecule has 2 nitrogen and oxygen atoms in total. The van der Waals surface area contributed by atoms with Gasteiger partial charge in [0.25, 0.3) is 0 Å². The van der Waals surface area contributed by atoms with Crippen LogP contribution in [0.5, 0.6) is 0 Å². The van der Waals surface area contributed by atoms with Crippen LogP contribution in [0.4, 0.5) is 17.3 Å². The Morgan fingerprint density at radius 3 is 1.95 bits per heavy atom. The number of hydrogen-bond donors (Lipinski definition) is 0. The van der Waals surface area contributed by atoms with Crippen LogP contribution < -0.4 is 4.57 Å². The Balaban J connectivity index is 0.000000383. The van der Waals surface area contributed by atoms with Gasteiger partial charge in [-0.15, -0.1) is 0 Å². The summed E-state index contributed by atoms with van der Waals surface area (Å²) in [6.45, 7) is 6.09. The zero-order valence-corrected chi connectivity index (χ0v) is 12.0. The van der Waals surface area contributed by atoms with Crippen molar-refractivity contribution < 1.29 is 26.6 Å². The molecule has 1 aliphatic rings. The average Bonchev–Trinajstić information content (AvgIpc) is 2.24. The van der Waals surface area contributed by atoms with E-state index in [2.05, 4.69) is 23.8 Å². The second-order valence-electron chi connectivity index (χ2n) is 4.91. The van der Waals surface area contributed by atoms with E-state index in [0.29, 0.717) is 0 Å². The van der Waals surface area contributed by atoms with Crippen molar-refractivity contribution in [1.29, 1.82) is 0 Å². The number of rotatable bonds is 1. The number of carbonyl (C=O) groups is 1. The standard InChI is InChI=1S/C14H16NO.BF4/c1-10-5-4-6-15(9-10)14-11(2)7-13(16)8-12(14)3;2-1(3,4)5/h4-9,14H,1-3H3;/q+1;-1. The van der Waals surface area contributed by atoms with Crippen molar-refractivity contribution in [2.75, 3.05) is 0 Å². The van der Waals surface area contributed by atoms with Crippen molar-refractivity contribution in [2.45, 2.75) is 26.8 Å². The molecule has 2 rings (SSSR count). The van der Waals surface area contributed by atoms with Crippen LogP contribution in [0, 0.1) is 6.92 Å². The summed E-state index contributed by atoms with van der Waals surface area (Å²) in [5.74, 6) is 0.0968. The quantitative estimate of drug-likeness (QED) is 0.441. The third-order valence-corrected chi connectivity index (χ3v) is 2.87. The van der Waals surface area contributed by atoms with Crippen molar-refractivity contribution in [3.8, 4) is 0 Å². The summed E-state index contributed by atoms with van der Waals surface area (Å²) in [5, 5.41) is 0. The molecule has 0 aromatic carbocycles. The number of ketones is 1. The topological polar surface area (TPSA) is 20.9 Å². The van der Waals surface area contributed by atoms with Crippen molar-refractivity contribution in [2.24, 2.45) is 0 Å². The maximum atomic E-state index is 11.4. The molecule has 0 unspecified atom stereocenters. The smallest absolute Gasteiger partial charge is 0.418 e. The number of pyridine rings is 1. The van der Waals surface area contributed by atoms with Gasteiger partial charge in [0.15, 0.2) is 18.2 Å². The minimum absolute atomic E-state index is 0.0968. The molecule has 0 saturated carbocycles. The van der Waals surface area contributed by atoms with E-state index >= 15 is 0 Å². The van der Waals surface area contributed by atoms with E-state index in [4.69, 9.17) is 0 Å². The van der Waals surface area contributed by atoms with Gasteiger partial charge in [-0.2, -0.15) is 4.57 Å². The summed E-state index contributed by atoms with van der Waals surface area (Å²) in [7, 11) is -6.00. The number of carbonyl (C=O) groups excluding carboxylic acids is 1. The van der Waals surface area contributed by atoms with Crippen LogP contribution >= 0.6 is 0 Å². The Hall–Kier alpha value is -1.92. The molecule has 0 spiro atoms. The first kappa shape index (κ1) is 17.1. The Kier molecular flexibility index (Phi) is 5.46. The van der Waals surface area contributed by atoms with Crippen LogP contribution in [-0.4, -0.2) is 13.0 Å². The molecule has 0 aliphatic heterocycles. The lowest BCUT2D eigenvalue weighted by Gasteiger charge is -2.17. The van der Waals surface area contributed by atoms with Crippen molar-refractivity contribution >= 4 is 13.0 Å². The zero-order chi connectivity index (χ0) is 16.2. The lowest BCUT2D eigenvalue weighted by molar-refractivity contribution is -0.706. The Bertz CT molecular complexity index is 565. The Morgan fingerprint density at radius 2 is 1.52 bits per heavy atom. The summed E-state index contributed by atoms with van der Waals surface area (Å²) in [5.41, 5.74) is 3.42. The number of nitrogens with zero attached hydrogens (tertiary/aromatic N) is 1. The number of allylic oxidation sites excluding steroid dienone is 4. The lowest BCUT2D eigenvalue weighted by atomic mass is 9.93. The third-order valence-electron chi connectivity index (χ3n) is 2.87. The normalized spacial score (nSPS) is 15.9. The third kappa shape index (κ3) is 5.93. The summed E-state index contributed by atoms with van der Waals surface area (Å²) in [4.78, 5) is 11.4. The SMILES string of the molecule is CC1=CC(=O)C=C(C)C1[n+]1cccc(C)c1.F[B-](F)(F)F. The zero-order valence-electron chi connectivity index (χ0n) is 12.0. The number of aromatic nitrogens is 1. The van der Waals surface area contributed by atoms with Gasteiger partial charge >= 0.3 is 7.25 Å². The summed E-state index contributed by atoms with van der Waals surface area (Å²) >= 11 is 0. The van der Waals surface area contributed by atoms with Crippen molar-refractivity contribution in [1.82, 2.24) is 0 Å². The molecule has 21 heavy (non-hydrogen) atoms. The first-order valence-electron chi connectivity index (χ1n) is 6.33. The number of halogens is 4. The Morgan fingerprint density at radius 1 is 1.05 bits per heavy atom. The molecular formula is C14H16BF4NO. The molecule has 0 bridgehead atoms. The lowest BCUT2D eigenvalue weighted by Crippen LogP contribution is -2.41. The van der Waals surface area contributed by atoms with Gasteiger partial charge in [-0.1, -0.05) is 0 Å². The van der Waals surface area contributed by atoms with Gasteiger partial charge in [-0.25, -0.2) is 0 Å². The minimum Gasteiger partial charge on any atom is -0.418 e. The summed E-state index contributed by atoms with van der Waals surface area (Å²) in [6, 6.07) is 4.30. The first-order valence-corrected chi connectivity index (χ1v) is 6.33. The Labute approximate surface area is 120 Å². The molecular weight excluding hydrogens is 285 g/mol. The van der Waals surface area contributed by atoms with E-state index in [1.165, 1.54) is 5.56 Å². The van der Waals surface area contributed by atoms with E-state index < -0.39 is 7.25 Å². The second-order valence-corrected chi connectivity index (χ2v) is 4.91. The molecule has 0 fully saturated rings. The van der Waals surface area contributed by atoms with Gasteiger partial charge < -0.3 is 17.3 Å². The highest BCUT2D eigenvalue weighted by Crippen LogP contribution is 2.24. The second kappa shape index (κ2) is 6.69. The predicted octanol–water partition coefficient (Wildman–Crippen LogP) is 3.60.